The highest BCUT2D eigenvalue weighted by molar-refractivity contribution is 5.72. The largest absolute Gasteiger partial charge is 0.463 e. The van der Waals surface area contributed by atoms with E-state index in [9.17, 15) is 14.4 Å². The number of carbonyl (C=O) groups excluding carboxylic acids is 1. The first kappa shape index (κ1) is 16.0. The van der Waals surface area contributed by atoms with Crippen molar-refractivity contribution in [2.75, 3.05) is 27.2 Å². The van der Waals surface area contributed by atoms with Crippen LogP contribution in [0.5, 0.6) is 0 Å². The maximum absolute atomic E-state index is 12.4. The van der Waals surface area contributed by atoms with E-state index in [1.807, 2.05) is 19.0 Å². The van der Waals surface area contributed by atoms with Gasteiger partial charge in [-0.05, 0) is 14.1 Å². The van der Waals surface area contributed by atoms with Crippen LogP contribution in [0, 0.1) is 0 Å². The molecule has 9 nitrogen and oxygen atoms in total. The zero-order valence-corrected chi connectivity index (χ0v) is 13.1. The Bertz CT molecular complexity index is 814. The number of hydrogen-bond acceptors (Lipinski definition) is 6. The zero-order chi connectivity index (χ0) is 16.4. The van der Waals surface area contributed by atoms with Crippen LogP contribution in [0.3, 0.4) is 0 Å². The summed E-state index contributed by atoms with van der Waals surface area (Å²) in [6.07, 6.45) is 1.45. The maximum Gasteiger partial charge on any atom is 0.333 e. The summed E-state index contributed by atoms with van der Waals surface area (Å²) in [6, 6.07) is 0. The number of aromatic nitrogens is 4. The lowest BCUT2D eigenvalue weighted by atomic mass is 10.5. The lowest BCUT2D eigenvalue weighted by Gasteiger charge is -2.11. The second kappa shape index (κ2) is 6.14. The van der Waals surface area contributed by atoms with Crippen LogP contribution in [0.2, 0.25) is 0 Å². The molecular formula is C13H19N5O4. The summed E-state index contributed by atoms with van der Waals surface area (Å²) in [7, 11) is 6.86. The number of likely N-dealkylation sites (N-methyl/N-ethyl adjacent to an activating group) is 1. The molecule has 0 amide bonds. The van der Waals surface area contributed by atoms with Crippen LogP contribution >= 0.6 is 0 Å². The molecule has 0 bridgehead atoms. The molecule has 0 radical (unpaired) electrons. The van der Waals surface area contributed by atoms with Crippen molar-refractivity contribution in [1.82, 2.24) is 23.6 Å². The van der Waals surface area contributed by atoms with Gasteiger partial charge in [0.25, 0.3) is 5.56 Å². The van der Waals surface area contributed by atoms with Crippen molar-refractivity contribution < 1.29 is 9.53 Å². The van der Waals surface area contributed by atoms with E-state index in [1.54, 1.807) is 7.05 Å². The molecule has 0 N–H and O–H groups in total. The van der Waals surface area contributed by atoms with E-state index in [0.29, 0.717) is 6.54 Å². The highest BCUT2D eigenvalue weighted by Gasteiger charge is 2.17. The molecule has 0 spiro atoms. The first-order valence-corrected chi connectivity index (χ1v) is 6.74. The predicted octanol–water partition coefficient (Wildman–Crippen LogP) is -1.46. The number of nitrogens with zero attached hydrogens (tertiary/aromatic N) is 5. The number of ether oxygens (including phenoxy) is 1. The van der Waals surface area contributed by atoms with Crippen LogP contribution in [0.4, 0.5) is 0 Å². The van der Waals surface area contributed by atoms with Gasteiger partial charge < -0.3 is 14.2 Å². The lowest BCUT2D eigenvalue weighted by molar-refractivity contribution is -0.144. The number of imidazole rings is 1. The quantitative estimate of drug-likeness (QED) is 0.627. The van der Waals surface area contributed by atoms with Gasteiger partial charge in [0.1, 0.15) is 13.2 Å². The minimum atomic E-state index is -0.623. The van der Waals surface area contributed by atoms with E-state index in [-0.39, 0.29) is 17.8 Å². The fraction of sp³-hybridized carbons (Fsp3) is 0.538. The van der Waals surface area contributed by atoms with Gasteiger partial charge in [0.2, 0.25) is 0 Å². The summed E-state index contributed by atoms with van der Waals surface area (Å²) < 4.78 is 8.64. The third-order valence-corrected chi connectivity index (χ3v) is 3.29. The highest BCUT2D eigenvalue weighted by atomic mass is 16.5. The summed E-state index contributed by atoms with van der Waals surface area (Å²) in [5, 5.41) is 0. The molecule has 0 aliphatic rings. The van der Waals surface area contributed by atoms with E-state index in [2.05, 4.69) is 4.98 Å². The molecule has 0 saturated heterocycles. The minimum absolute atomic E-state index is 0.203. The summed E-state index contributed by atoms with van der Waals surface area (Å²) in [6.45, 7) is 0.355. The predicted molar refractivity (Wildman–Crippen MR) is 79.7 cm³/mol. The van der Waals surface area contributed by atoms with E-state index in [0.717, 1.165) is 4.57 Å². The molecule has 2 aromatic heterocycles. The summed E-state index contributed by atoms with van der Waals surface area (Å²) in [5.41, 5.74) is -0.596. The summed E-state index contributed by atoms with van der Waals surface area (Å²) in [5.74, 6) is -0.623. The molecule has 0 atom stereocenters. The number of carbonyl (C=O) groups is 1. The molecule has 0 saturated carbocycles. The topological polar surface area (TPSA) is 91.4 Å². The zero-order valence-electron chi connectivity index (χ0n) is 13.1. The first-order chi connectivity index (χ1) is 10.3. The molecule has 22 heavy (non-hydrogen) atoms. The van der Waals surface area contributed by atoms with Crippen molar-refractivity contribution in [3.05, 3.63) is 27.2 Å². The van der Waals surface area contributed by atoms with Gasteiger partial charge >= 0.3 is 11.7 Å². The van der Waals surface area contributed by atoms with E-state index in [4.69, 9.17) is 4.74 Å². The van der Waals surface area contributed by atoms with E-state index >= 15 is 0 Å². The van der Waals surface area contributed by atoms with Gasteiger partial charge in [-0.2, -0.15) is 0 Å². The molecule has 120 valence electrons. The van der Waals surface area contributed by atoms with Crippen LogP contribution in [-0.2, 0) is 30.2 Å². The number of aryl methyl sites for hydroxylation is 2. The fourth-order valence-electron chi connectivity index (χ4n) is 2.05. The summed E-state index contributed by atoms with van der Waals surface area (Å²) >= 11 is 0. The smallest absolute Gasteiger partial charge is 0.333 e. The summed E-state index contributed by atoms with van der Waals surface area (Å²) in [4.78, 5) is 42.2. The standard InChI is InChI=1S/C13H19N5O4/c1-15(2)5-6-22-9(19)7-18-12(20)10-11(14-8-16(10)3)17(4)13(18)21/h8H,5-7H2,1-4H3. The second-order valence-corrected chi connectivity index (χ2v) is 5.28. The Morgan fingerprint density at radius 2 is 2.00 bits per heavy atom. The molecule has 0 aliphatic heterocycles. The van der Waals surface area contributed by atoms with Crippen molar-refractivity contribution in [2.45, 2.75) is 6.54 Å². The molecular weight excluding hydrogens is 290 g/mol. The third kappa shape index (κ3) is 2.93. The highest BCUT2D eigenvalue weighted by Crippen LogP contribution is 2.02. The van der Waals surface area contributed by atoms with Crippen LogP contribution in [0.1, 0.15) is 0 Å². The van der Waals surface area contributed by atoms with E-state index in [1.165, 1.54) is 22.5 Å². The Kier molecular flexibility index (Phi) is 4.45. The Balaban J connectivity index is 2.32. The monoisotopic (exact) mass is 309 g/mol. The Morgan fingerprint density at radius 1 is 1.32 bits per heavy atom. The van der Waals surface area contributed by atoms with Crippen molar-refractivity contribution in [1.29, 1.82) is 0 Å². The van der Waals surface area contributed by atoms with Crippen LogP contribution in [0.15, 0.2) is 15.9 Å². The molecule has 2 aromatic rings. The first-order valence-electron chi connectivity index (χ1n) is 6.74. The Morgan fingerprint density at radius 3 is 2.64 bits per heavy atom. The molecule has 2 heterocycles. The van der Waals surface area contributed by atoms with Crippen LogP contribution in [0.25, 0.3) is 11.2 Å². The normalized spacial score (nSPS) is 11.3. The number of fused-ring (bicyclic) bond motifs is 1. The van der Waals surface area contributed by atoms with E-state index < -0.39 is 23.8 Å². The second-order valence-electron chi connectivity index (χ2n) is 5.28. The van der Waals surface area contributed by atoms with Gasteiger partial charge in [0.15, 0.2) is 11.2 Å². The average molecular weight is 309 g/mol. The lowest BCUT2D eigenvalue weighted by Crippen LogP contribution is -2.41. The van der Waals surface area contributed by atoms with Gasteiger partial charge in [0.05, 0.1) is 6.33 Å². The van der Waals surface area contributed by atoms with Gasteiger partial charge in [-0.25, -0.2) is 14.3 Å². The van der Waals surface area contributed by atoms with Gasteiger partial charge in [-0.3, -0.25) is 14.2 Å². The third-order valence-electron chi connectivity index (χ3n) is 3.29. The molecule has 0 fully saturated rings. The average Bonchev–Trinajstić information content (AvgIpc) is 2.83. The van der Waals surface area contributed by atoms with Gasteiger partial charge in [0, 0.05) is 20.6 Å². The molecule has 2 rings (SSSR count). The minimum Gasteiger partial charge on any atom is -0.463 e. The van der Waals surface area contributed by atoms with Crippen LogP contribution < -0.4 is 11.2 Å². The van der Waals surface area contributed by atoms with Crippen molar-refractivity contribution in [2.24, 2.45) is 14.1 Å². The fourth-order valence-corrected chi connectivity index (χ4v) is 2.05. The van der Waals surface area contributed by atoms with Gasteiger partial charge in [-0.1, -0.05) is 0 Å². The Hall–Kier alpha value is -2.42. The Labute approximate surface area is 126 Å². The van der Waals surface area contributed by atoms with Crippen molar-refractivity contribution in [3.8, 4) is 0 Å². The molecule has 9 heteroatoms. The van der Waals surface area contributed by atoms with Crippen molar-refractivity contribution >= 4 is 17.1 Å². The van der Waals surface area contributed by atoms with Crippen molar-refractivity contribution in [3.63, 3.8) is 0 Å². The van der Waals surface area contributed by atoms with Gasteiger partial charge in [-0.15, -0.1) is 0 Å². The maximum atomic E-state index is 12.4. The number of hydrogen-bond donors (Lipinski definition) is 0. The number of rotatable bonds is 5. The molecule has 0 unspecified atom stereocenters. The molecule has 0 aliphatic carbocycles. The molecule has 0 aromatic carbocycles. The van der Waals surface area contributed by atoms with Crippen LogP contribution in [-0.4, -0.2) is 56.8 Å². The number of esters is 1. The SMILES string of the molecule is CN(C)CCOC(=O)Cn1c(=O)c2c(ncn2C)n(C)c1=O.